The Morgan fingerprint density at radius 2 is 1.91 bits per heavy atom. The van der Waals surface area contributed by atoms with Gasteiger partial charge in [-0.05, 0) is 49.4 Å². The molecule has 0 saturated carbocycles. The van der Waals surface area contributed by atoms with Crippen molar-refractivity contribution in [2.45, 2.75) is 20.8 Å². The summed E-state index contributed by atoms with van der Waals surface area (Å²) in [6, 6.07) is 8.04. The van der Waals surface area contributed by atoms with Gasteiger partial charge in [-0.15, -0.1) is 0 Å². The molecule has 5 nitrogen and oxygen atoms in total. The fraction of sp³-hybridized carbons (Fsp3) is 0.312. The van der Waals surface area contributed by atoms with E-state index < -0.39 is 0 Å². The standard InChI is InChI=1S/C16H19N3O2S/c1-4-19(5-2)13-8-6-12(7-9-13)10-14-15(21)18-16(22-14)17-11(3)20/h6-10H,4-5H2,1-3H3,(H,17,18,20,21)/b14-10-. The number of benzene rings is 1. The third kappa shape index (κ3) is 3.98. The summed E-state index contributed by atoms with van der Waals surface area (Å²) in [6.07, 6.45) is 1.79. The van der Waals surface area contributed by atoms with E-state index in [1.54, 1.807) is 6.08 Å². The second-order valence-electron chi connectivity index (χ2n) is 4.78. The number of aliphatic imine (C=N–C) groups is 1. The minimum absolute atomic E-state index is 0.233. The smallest absolute Gasteiger partial charge is 0.286 e. The molecular weight excluding hydrogens is 298 g/mol. The second-order valence-corrected chi connectivity index (χ2v) is 5.81. The highest BCUT2D eigenvalue weighted by atomic mass is 32.2. The van der Waals surface area contributed by atoms with Crippen LogP contribution >= 0.6 is 11.8 Å². The van der Waals surface area contributed by atoms with Gasteiger partial charge in [-0.3, -0.25) is 9.59 Å². The van der Waals surface area contributed by atoms with Gasteiger partial charge in [-0.1, -0.05) is 12.1 Å². The van der Waals surface area contributed by atoms with Crippen molar-refractivity contribution < 1.29 is 9.59 Å². The van der Waals surface area contributed by atoms with Crippen molar-refractivity contribution in [2.75, 3.05) is 18.0 Å². The van der Waals surface area contributed by atoms with Crippen LogP contribution in [0.25, 0.3) is 6.08 Å². The molecule has 1 heterocycles. The van der Waals surface area contributed by atoms with Crippen LogP contribution in [0.15, 0.2) is 34.2 Å². The Labute approximate surface area is 134 Å². The maximum absolute atomic E-state index is 11.8. The van der Waals surface area contributed by atoms with Gasteiger partial charge in [-0.2, -0.15) is 4.99 Å². The number of amidine groups is 1. The average Bonchev–Trinajstić information content (AvgIpc) is 2.81. The number of hydrogen-bond acceptors (Lipinski definition) is 4. The van der Waals surface area contributed by atoms with Gasteiger partial charge in [0.05, 0.1) is 4.91 Å². The zero-order valence-electron chi connectivity index (χ0n) is 12.9. The van der Waals surface area contributed by atoms with Crippen LogP contribution in [0.2, 0.25) is 0 Å². The van der Waals surface area contributed by atoms with E-state index in [9.17, 15) is 9.59 Å². The molecule has 0 bridgehead atoms. The predicted molar refractivity (Wildman–Crippen MR) is 91.8 cm³/mol. The Morgan fingerprint density at radius 1 is 1.27 bits per heavy atom. The summed E-state index contributed by atoms with van der Waals surface area (Å²) in [5.74, 6) is -0.551. The Balaban J connectivity index is 2.11. The monoisotopic (exact) mass is 317 g/mol. The molecule has 1 N–H and O–H groups in total. The number of thioether (sulfide) groups is 1. The molecule has 0 unspecified atom stereocenters. The molecule has 22 heavy (non-hydrogen) atoms. The van der Waals surface area contributed by atoms with E-state index in [0.29, 0.717) is 10.1 Å². The van der Waals surface area contributed by atoms with Crippen molar-refractivity contribution >= 4 is 40.5 Å². The van der Waals surface area contributed by atoms with E-state index >= 15 is 0 Å². The van der Waals surface area contributed by atoms with Crippen molar-refractivity contribution in [2.24, 2.45) is 4.99 Å². The highest BCUT2D eigenvalue weighted by Gasteiger charge is 2.22. The Morgan fingerprint density at radius 3 is 2.45 bits per heavy atom. The van der Waals surface area contributed by atoms with Gasteiger partial charge in [0.1, 0.15) is 0 Å². The number of nitrogens with one attached hydrogen (secondary N) is 1. The fourth-order valence-electron chi connectivity index (χ4n) is 2.13. The number of carbonyl (C=O) groups excluding carboxylic acids is 2. The zero-order chi connectivity index (χ0) is 16.1. The van der Waals surface area contributed by atoms with Gasteiger partial charge >= 0.3 is 0 Å². The molecule has 1 aromatic carbocycles. The molecule has 0 spiro atoms. The van der Waals surface area contributed by atoms with Crippen LogP contribution in [-0.2, 0) is 9.59 Å². The quantitative estimate of drug-likeness (QED) is 0.867. The maximum atomic E-state index is 11.8. The normalized spacial score (nSPS) is 15.9. The van der Waals surface area contributed by atoms with E-state index in [1.807, 2.05) is 24.3 Å². The first-order valence-electron chi connectivity index (χ1n) is 7.18. The van der Waals surface area contributed by atoms with E-state index in [2.05, 4.69) is 29.1 Å². The molecule has 0 saturated heterocycles. The topological polar surface area (TPSA) is 61.8 Å². The Kier molecular flexibility index (Phi) is 5.38. The van der Waals surface area contributed by atoms with Crippen LogP contribution in [-0.4, -0.2) is 30.1 Å². The minimum atomic E-state index is -0.318. The third-order valence-electron chi connectivity index (χ3n) is 3.22. The molecule has 2 rings (SSSR count). The van der Waals surface area contributed by atoms with Crippen molar-refractivity contribution in [1.82, 2.24) is 5.32 Å². The van der Waals surface area contributed by atoms with Crippen LogP contribution in [0.3, 0.4) is 0 Å². The summed E-state index contributed by atoms with van der Waals surface area (Å²) in [6.45, 7) is 7.54. The number of nitrogens with zero attached hydrogens (tertiary/aromatic N) is 2. The first-order chi connectivity index (χ1) is 10.5. The summed E-state index contributed by atoms with van der Waals surface area (Å²) in [7, 11) is 0. The Bertz CT molecular complexity index is 631. The highest BCUT2D eigenvalue weighted by Crippen LogP contribution is 2.28. The van der Waals surface area contributed by atoms with E-state index in [4.69, 9.17) is 0 Å². The number of anilines is 1. The van der Waals surface area contributed by atoms with Gasteiger partial charge in [0, 0.05) is 25.7 Å². The zero-order valence-corrected chi connectivity index (χ0v) is 13.7. The van der Waals surface area contributed by atoms with E-state index in [-0.39, 0.29) is 11.8 Å². The fourth-order valence-corrected chi connectivity index (χ4v) is 2.99. The average molecular weight is 317 g/mol. The van der Waals surface area contributed by atoms with E-state index in [1.165, 1.54) is 18.7 Å². The lowest BCUT2D eigenvalue weighted by Gasteiger charge is -2.20. The van der Waals surface area contributed by atoms with Crippen LogP contribution < -0.4 is 10.2 Å². The summed E-state index contributed by atoms with van der Waals surface area (Å²) < 4.78 is 0. The predicted octanol–water partition coefficient (Wildman–Crippen LogP) is 2.64. The van der Waals surface area contributed by atoms with Crippen molar-refractivity contribution in [3.63, 3.8) is 0 Å². The summed E-state index contributed by atoms with van der Waals surface area (Å²) in [4.78, 5) is 29.4. The molecular formula is C16H19N3O2S. The van der Waals surface area contributed by atoms with Crippen molar-refractivity contribution in [3.05, 3.63) is 34.7 Å². The lowest BCUT2D eigenvalue weighted by molar-refractivity contribution is -0.117. The number of rotatable bonds is 4. The molecule has 0 aliphatic carbocycles. The Hall–Kier alpha value is -2.08. The minimum Gasteiger partial charge on any atom is -0.372 e. The highest BCUT2D eigenvalue weighted by molar-refractivity contribution is 8.18. The van der Waals surface area contributed by atoms with Crippen LogP contribution in [0.1, 0.15) is 26.3 Å². The van der Waals surface area contributed by atoms with E-state index in [0.717, 1.165) is 24.3 Å². The molecule has 0 atom stereocenters. The summed E-state index contributed by atoms with van der Waals surface area (Å²) in [5, 5.41) is 2.87. The summed E-state index contributed by atoms with van der Waals surface area (Å²) in [5.41, 5.74) is 2.10. The second kappa shape index (κ2) is 7.26. The molecule has 1 aliphatic rings. The van der Waals surface area contributed by atoms with Crippen molar-refractivity contribution in [1.29, 1.82) is 0 Å². The summed E-state index contributed by atoms with van der Waals surface area (Å²) >= 11 is 1.18. The molecule has 116 valence electrons. The largest absolute Gasteiger partial charge is 0.372 e. The molecule has 1 aromatic rings. The van der Waals surface area contributed by atoms with Crippen LogP contribution in [0.4, 0.5) is 5.69 Å². The van der Waals surface area contributed by atoms with Crippen molar-refractivity contribution in [3.8, 4) is 0 Å². The number of amides is 2. The molecule has 0 fully saturated rings. The van der Waals surface area contributed by atoms with Crippen LogP contribution in [0.5, 0.6) is 0 Å². The number of hydrogen-bond donors (Lipinski definition) is 1. The van der Waals surface area contributed by atoms with Crippen LogP contribution in [0, 0.1) is 0 Å². The molecule has 1 aliphatic heterocycles. The lowest BCUT2D eigenvalue weighted by atomic mass is 10.2. The molecule has 0 radical (unpaired) electrons. The number of carbonyl (C=O) groups is 2. The first kappa shape index (κ1) is 16.3. The van der Waals surface area contributed by atoms with Gasteiger partial charge < -0.3 is 10.2 Å². The van der Waals surface area contributed by atoms with Gasteiger partial charge in [-0.25, -0.2) is 0 Å². The SMILES string of the molecule is CCN(CC)c1ccc(/C=C2\SC(NC(C)=O)=NC2=O)cc1. The van der Waals surface area contributed by atoms with Gasteiger partial charge in [0.25, 0.3) is 5.91 Å². The first-order valence-corrected chi connectivity index (χ1v) is 8.00. The van der Waals surface area contributed by atoms with Gasteiger partial charge in [0.2, 0.25) is 5.91 Å². The third-order valence-corrected chi connectivity index (χ3v) is 4.12. The van der Waals surface area contributed by atoms with Gasteiger partial charge in [0.15, 0.2) is 5.17 Å². The molecule has 0 aromatic heterocycles. The lowest BCUT2D eigenvalue weighted by Crippen LogP contribution is -2.23. The maximum Gasteiger partial charge on any atom is 0.286 e. The molecule has 2 amide bonds. The molecule has 6 heteroatoms.